The van der Waals surface area contributed by atoms with Crippen molar-refractivity contribution in [1.29, 1.82) is 0 Å². The monoisotopic (exact) mass is 448 g/mol. The summed E-state index contributed by atoms with van der Waals surface area (Å²) in [5, 5.41) is 0.520. The first-order chi connectivity index (χ1) is 14.3. The summed E-state index contributed by atoms with van der Waals surface area (Å²) in [4.78, 5) is 15.1. The van der Waals surface area contributed by atoms with Crippen LogP contribution in [0.3, 0.4) is 0 Å². The van der Waals surface area contributed by atoms with Crippen LogP contribution in [0.2, 0.25) is 5.02 Å². The van der Waals surface area contributed by atoms with Crippen LogP contribution < -0.4 is 4.31 Å². The van der Waals surface area contributed by atoms with Crippen LogP contribution in [0.5, 0.6) is 0 Å². The summed E-state index contributed by atoms with van der Waals surface area (Å²) in [6, 6.07) is 16.2. The zero-order valence-electron chi connectivity index (χ0n) is 17.5. The second kappa shape index (κ2) is 9.84. The molecule has 0 N–H and O–H groups in total. The van der Waals surface area contributed by atoms with Crippen molar-refractivity contribution in [3.8, 4) is 0 Å². The topological polar surface area (TPSA) is 57.7 Å². The average molecular weight is 449 g/mol. The van der Waals surface area contributed by atoms with Gasteiger partial charge in [-0.15, -0.1) is 0 Å². The standard InChI is InChI=1S/C23H29ClN2O3S/c1-3-22(26(30(2,28)29)21-11-9-20(24)10-12-21)23(27)25-15-13-19(14-16-25)17-18-7-5-4-6-8-18/h4-12,19,22H,3,13-17H2,1-2H3. The number of rotatable bonds is 7. The first-order valence-corrected chi connectivity index (χ1v) is 12.6. The maximum Gasteiger partial charge on any atom is 0.246 e. The molecule has 5 nitrogen and oxygen atoms in total. The molecule has 0 radical (unpaired) electrons. The number of piperidine rings is 1. The minimum Gasteiger partial charge on any atom is -0.341 e. The molecule has 1 amide bonds. The highest BCUT2D eigenvalue weighted by molar-refractivity contribution is 7.92. The lowest BCUT2D eigenvalue weighted by molar-refractivity contribution is -0.133. The average Bonchev–Trinajstić information content (AvgIpc) is 2.73. The lowest BCUT2D eigenvalue weighted by Gasteiger charge is -2.37. The van der Waals surface area contributed by atoms with Crippen LogP contribution in [-0.4, -0.2) is 44.6 Å². The van der Waals surface area contributed by atoms with Gasteiger partial charge in [-0.2, -0.15) is 0 Å². The number of sulfonamides is 1. The lowest BCUT2D eigenvalue weighted by Crippen LogP contribution is -2.52. The van der Waals surface area contributed by atoms with Crippen LogP contribution in [0, 0.1) is 5.92 Å². The summed E-state index contributed by atoms with van der Waals surface area (Å²) in [5.41, 5.74) is 1.78. The van der Waals surface area contributed by atoms with E-state index in [-0.39, 0.29) is 5.91 Å². The highest BCUT2D eigenvalue weighted by atomic mass is 35.5. The Balaban J connectivity index is 1.71. The van der Waals surface area contributed by atoms with Gasteiger partial charge in [0.25, 0.3) is 0 Å². The highest BCUT2D eigenvalue weighted by Gasteiger charge is 2.35. The van der Waals surface area contributed by atoms with E-state index in [9.17, 15) is 13.2 Å². The number of benzene rings is 2. The van der Waals surface area contributed by atoms with Crippen LogP contribution in [0.15, 0.2) is 54.6 Å². The van der Waals surface area contributed by atoms with Crippen LogP contribution in [0.1, 0.15) is 31.7 Å². The molecule has 30 heavy (non-hydrogen) atoms. The fourth-order valence-electron chi connectivity index (χ4n) is 4.15. The van der Waals surface area contributed by atoms with Crippen molar-refractivity contribution in [3.05, 3.63) is 65.2 Å². The van der Waals surface area contributed by atoms with Gasteiger partial charge in [-0.1, -0.05) is 48.9 Å². The largest absolute Gasteiger partial charge is 0.341 e. The van der Waals surface area contributed by atoms with Gasteiger partial charge in [-0.05, 0) is 61.4 Å². The van der Waals surface area contributed by atoms with Gasteiger partial charge in [0.15, 0.2) is 0 Å². The molecule has 0 saturated carbocycles. The van der Waals surface area contributed by atoms with Gasteiger partial charge in [0, 0.05) is 18.1 Å². The van der Waals surface area contributed by atoms with Crippen molar-refractivity contribution in [1.82, 2.24) is 4.90 Å². The number of hydrogen-bond acceptors (Lipinski definition) is 3. The van der Waals surface area contributed by atoms with E-state index in [1.54, 1.807) is 24.3 Å². The van der Waals surface area contributed by atoms with Crippen molar-refractivity contribution < 1.29 is 13.2 Å². The van der Waals surface area contributed by atoms with Gasteiger partial charge < -0.3 is 4.90 Å². The van der Waals surface area contributed by atoms with Crippen molar-refractivity contribution >= 4 is 33.2 Å². The quantitative estimate of drug-likeness (QED) is 0.632. The first kappa shape index (κ1) is 22.6. The Labute approximate surface area is 184 Å². The van der Waals surface area contributed by atoms with Gasteiger partial charge in [-0.3, -0.25) is 9.10 Å². The zero-order valence-corrected chi connectivity index (χ0v) is 19.1. The van der Waals surface area contributed by atoms with E-state index in [4.69, 9.17) is 11.6 Å². The number of carbonyl (C=O) groups excluding carboxylic acids is 1. The third kappa shape index (κ3) is 5.55. The van der Waals surface area contributed by atoms with E-state index >= 15 is 0 Å². The molecular formula is C23H29ClN2O3S. The minimum absolute atomic E-state index is 0.129. The SMILES string of the molecule is CCC(C(=O)N1CCC(Cc2ccccc2)CC1)N(c1ccc(Cl)cc1)S(C)(=O)=O. The predicted octanol–water partition coefficient (Wildman–Crippen LogP) is 4.37. The van der Waals surface area contributed by atoms with Gasteiger partial charge in [-0.25, -0.2) is 8.42 Å². The molecule has 1 saturated heterocycles. The molecule has 1 aliphatic heterocycles. The van der Waals surface area contributed by atoms with E-state index in [1.165, 1.54) is 9.87 Å². The normalized spacial score (nSPS) is 16.3. The van der Waals surface area contributed by atoms with E-state index in [1.807, 2.05) is 17.9 Å². The molecule has 0 aliphatic carbocycles. The number of halogens is 1. The van der Waals surface area contributed by atoms with Crippen LogP contribution in [0.4, 0.5) is 5.69 Å². The molecule has 162 valence electrons. The number of likely N-dealkylation sites (tertiary alicyclic amines) is 1. The molecule has 7 heteroatoms. The van der Waals surface area contributed by atoms with Crippen LogP contribution in [0.25, 0.3) is 0 Å². The molecule has 1 fully saturated rings. The van der Waals surface area contributed by atoms with Crippen molar-refractivity contribution in [2.24, 2.45) is 5.92 Å². The molecule has 0 spiro atoms. The number of nitrogens with zero attached hydrogens (tertiary/aromatic N) is 2. The smallest absolute Gasteiger partial charge is 0.246 e. The first-order valence-electron chi connectivity index (χ1n) is 10.4. The van der Waals surface area contributed by atoms with Gasteiger partial charge in [0.2, 0.25) is 15.9 Å². The summed E-state index contributed by atoms with van der Waals surface area (Å²) in [7, 11) is -3.63. The number of carbonyl (C=O) groups is 1. The van der Waals surface area contributed by atoms with Gasteiger partial charge >= 0.3 is 0 Å². The second-order valence-corrected chi connectivity index (χ2v) is 10.2. The minimum atomic E-state index is -3.63. The maximum absolute atomic E-state index is 13.3. The fourth-order valence-corrected chi connectivity index (χ4v) is 5.48. The molecular weight excluding hydrogens is 420 g/mol. The molecule has 1 heterocycles. The molecule has 0 aromatic heterocycles. The number of amides is 1. The molecule has 2 aromatic carbocycles. The summed E-state index contributed by atoms with van der Waals surface area (Å²) >= 11 is 5.96. The number of hydrogen-bond donors (Lipinski definition) is 0. The number of anilines is 1. The van der Waals surface area contributed by atoms with E-state index in [0.29, 0.717) is 36.1 Å². The van der Waals surface area contributed by atoms with E-state index < -0.39 is 16.1 Å². The fraction of sp³-hybridized carbons (Fsp3) is 0.435. The molecule has 3 rings (SSSR count). The Hall–Kier alpha value is -2.05. The van der Waals surface area contributed by atoms with Crippen LogP contribution in [-0.2, 0) is 21.2 Å². The van der Waals surface area contributed by atoms with E-state index in [2.05, 4.69) is 24.3 Å². The third-order valence-corrected chi connectivity index (χ3v) is 7.12. The third-order valence-electron chi connectivity index (χ3n) is 5.69. The van der Waals surface area contributed by atoms with E-state index in [0.717, 1.165) is 25.5 Å². The van der Waals surface area contributed by atoms with Crippen LogP contribution >= 0.6 is 11.6 Å². The zero-order chi connectivity index (χ0) is 21.7. The van der Waals surface area contributed by atoms with Gasteiger partial charge in [0.1, 0.15) is 6.04 Å². The summed E-state index contributed by atoms with van der Waals surface area (Å²) < 4.78 is 26.4. The molecule has 2 aromatic rings. The lowest BCUT2D eigenvalue weighted by atomic mass is 9.90. The molecule has 1 aliphatic rings. The molecule has 1 unspecified atom stereocenters. The Morgan fingerprint density at radius 3 is 2.23 bits per heavy atom. The summed E-state index contributed by atoms with van der Waals surface area (Å²) in [6.07, 6.45) is 4.41. The predicted molar refractivity (Wildman–Crippen MR) is 122 cm³/mol. The molecule has 1 atom stereocenters. The second-order valence-electron chi connectivity index (χ2n) is 7.92. The Bertz CT molecular complexity index is 940. The van der Waals surface area contributed by atoms with Crippen molar-refractivity contribution in [2.45, 2.75) is 38.6 Å². The maximum atomic E-state index is 13.3. The summed E-state index contributed by atoms with van der Waals surface area (Å²) in [5.74, 6) is 0.412. The Morgan fingerprint density at radius 2 is 1.70 bits per heavy atom. The summed E-state index contributed by atoms with van der Waals surface area (Å²) in [6.45, 7) is 3.16. The molecule has 0 bridgehead atoms. The Kier molecular flexibility index (Phi) is 7.42. The van der Waals surface area contributed by atoms with Gasteiger partial charge in [0.05, 0.1) is 11.9 Å². The Morgan fingerprint density at radius 1 is 1.10 bits per heavy atom. The highest BCUT2D eigenvalue weighted by Crippen LogP contribution is 2.27. The van der Waals surface area contributed by atoms with Crippen molar-refractivity contribution in [2.75, 3.05) is 23.7 Å². The van der Waals surface area contributed by atoms with Crippen molar-refractivity contribution in [3.63, 3.8) is 0 Å².